The van der Waals surface area contributed by atoms with Crippen LogP contribution in [0.2, 0.25) is 0 Å². The molecule has 0 radical (unpaired) electrons. The fourth-order valence-corrected chi connectivity index (χ4v) is 5.15. The third-order valence-corrected chi connectivity index (χ3v) is 7.07. The van der Waals surface area contributed by atoms with Crippen LogP contribution in [0, 0.1) is 6.92 Å². The van der Waals surface area contributed by atoms with Crippen LogP contribution in [-0.4, -0.2) is 25.2 Å². The van der Waals surface area contributed by atoms with Gasteiger partial charge >= 0.3 is 0 Å². The molecule has 0 spiro atoms. The molecule has 1 N–H and O–H groups in total. The second-order valence-electron chi connectivity index (χ2n) is 9.56. The van der Waals surface area contributed by atoms with Crippen molar-refractivity contribution in [2.75, 3.05) is 18.6 Å². The number of carbonyl (C=O) groups excluding carboxylic acids is 1. The van der Waals surface area contributed by atoms with Crippen LogP contribution in [0.4, 0.5) is 5.69 Å². The first-order valence-electron chi connectivity index (χ1n) is 11.6. The number of amides is 1. The summed E-state index contributed by atoms with van der Waals surface area (Å²) in [4.78, 5) is 14.7. The first kappa shape index (κ1) is 22.1. The molecule has 1 amide bonds. The lowest BCUT2D eigenvalue weighted by atomic mass is 9.75. The zero-order valence-corrected chi connectivity index (χ0v) is 20.1. The highest BCUT2D eigenvalue weighted by atomic mass is 16.5. The summed E-state index contributed by atoms with van der Waals surface area (Å²) in [5, 5.41) is 3.28. The van der Waals surface area contributed by atoms with E-state index in [2.05, 4.69) is 61.3 Å². The Hall–Kier alpha value is -3.73. The van der Waals surface area contributed by atoms with Gasteiger partial charge in [-0.25, -0.2) is 0 Å². The molecule has 0 aromatic heterocycles. The second-order valence-corrected chi connectivity index (χ2v) is 9.56. The average Bonchev–Trinajstić information content (AvgIpc) is 3.26. The quantitative estimate of drug-likeness (QED) is 0.555. The number of nitrogens with zero attached hydrogens (tertiary/aromatic N) is 1. The lowest BCUT2D eigenvalue weighted by Gasteiger charge is -2.40. The smallest absolute Gasteiger partial charge is 0.241 e. The van der Waals surface area contributed by atoms with Crippen LogP contribution in [0.25, 0.3) is 6.08 Å². The van der Waals surface area contributed by atoms with E-state index in [1.54, 1.807) is 7.11 Å². The maximum Gasteiger partial charge on any atom is 0.241 e. The summed E-state index contributed by atoms with van der Waals surface area (Å²) in [6.07, 6.45) is 4.18. The van der Waals surface area contributed by atoms with E-state index < -0.39 is 5.66 Å². The predicted molar refractivity (Wildman–Crippen MR) is 135 cm³/mol. The Morgan fingerprint density at radius 3 is 2.59 bits per heavy atom. The SMILES string of the molecule is COc1cc(C=CC23NC(=O)CN2c2ccc(C)cc2C3(C)C)ccc1OCc1ccccc1. The highest BCUT2D eigenvalue weighted by Crippen LogP contribution is 2.53. The van der Waals surface area contributed by atoms with Gasteiger partial charge in [-0.1, -0.05) is 74.0 Å². The zero-order valence-electron chi connectivity index (χ0n) is 20.1. The number of carbonyl (C=O) groups is 1. The maximum absolute atomic E-state index is 12.5. The van der Waals surface area contributed by atoms with Crippen molar-refractivity contribution in [1.29, 1.82) is 0 Å². The summed E-state index contributed by atoms with van der Waals surface area (Å²) >= 11 is 0. The fourth-order valence-electron chi connectivity index (χ4n) is 5.15. The molecule has 1 atom stereocenters. The molecule has 0 saturated carbocycles. The molecule has 0 aliphatic carbocycles. The number of ether oxygens (including phenoxy) is 2. The Bertz CT molecular complexity index is 1270. The minimum Gasteiger partial charge on any atom is -0.493 e. The number of hydrogen-bond acceptors (Lipinski definition) is 4. The summed E-state index contributed by atoms with van der Waals surface area (Å²) in [5.41, 5.74) is 4.72. The van der Waals surface area contributed by atoms with E-state index >= 15 is 0 Å². The monoisotopic (exact) mass is 454 g/mol. The van der Waals surface area contributed by atoms with E-state index in [0.717, 1.165) is 16.8 Å². The minimum absolute atomic E-state index is 0.0335. The van der Waals surface area contributed by atoms with E-state index in [1.807, 2.05) is 48.5 Å². The van der Waals surface area contributed by atoms with Gasteiger partial charge in [-0.2, -0.15) is 0 Å². The maximum atomic E-state index is 12.5. The fraction of sp³-hybridized carbons (Fsp3) is 0.276. The van der Waals surface area contributed by atoms with Crippen molar-refractivity contribution >= 4 is 17.7 Å². The van der Waals surface area contributed by atoms with Crippen LogP contribution >= 0.6 is 0 Å². The molecular weight excluding hydrogens is 424 g/mol. The predicted octanol–water partition coefficient (Wildman–Crippen LogP) is 5.22. The Kier molecular flexibility index (Phi) is 5.35. The van der Waals surface area contributed by atoms with Gasteiger partial charge in [-0.3, -0.25) is 4.79 Å². The van der Waals surface area contributed by atoms with Crippen molar-refractivity contribution in [3.05, 3.63) is 95.1 Å². The van der Waals surface area contributed by atoms with Gasteiger partial charge in [0.2, 0.25) is 5.91 Å². The Labute approximate surface area is 201 Å². The first-order valence-corrected chi connectivity index (χ1v) is 11.6. The Morgan fingerprint density at radius 1 is 1.03 bits per heavy atom. The van der Waals surface area contributed by atoms with Crippen LogP contribution in [0.3, 0.4) is 0 Å². The van der Waals surface area contributed by atoms with Gasteiger partial charge in [0.15, 0.2) is 11.5 Å². The lowest BCUT2D eigenvalue weighted by Crippen LogP contribution is -2.58. The molecule has 2 aliphatic heterocycles. The van der Waals surface area contributed by atoms with E-state index in [0.29, 0.717) is 24.7 Å². The summed E-state index contributed by atoms with van der Waals surface area (Å²) in [7, 11) is 1.65. The van der Waals surface area contributed by atoms with Crippen LogP contribution in [-0.2, 0) is 16.8 Å². The Balaban J connectivity index is 1.44. The Morgan fingerprint density at radius 2 is 1.82 bits per heavy atom. The number of nitrogens with one attached hydrogen (secondary N) is 1. The average molecular weight is 455 g/mol. The number of anilines is 1. The van der Waals surface area contributed by atoms with Crippen molar-refractivity contribution in [3.8, 4) is 11.5 Å². The van der Waals surface area contributed by atoms with Crippen LogP contribution < -0.4 is 19.7 Å². The molecule has 3 aromatic rings. The van der Waals surface area contributed by atoms with Gasteiger partial charge in [-0.15, -0.1) is 0 Å². The van der Waals surface area contributed by atoms with Gasteiger partial charge in [0.25, 0.3) is 0 Å². The van der Waals surface area contributed by atoms with Crippen LogP contribution in [0.5, 0.6) is 11.5 Å². The molecule has 2 aliphatic rings. The highest BCUT2D eigenvalue weighted by Gasteiger charge is 2.59. The summed E-state index contributed by atoms with van der Waals surface area (Å²) < 4.78 is 11.6. The molecule has 2 heterocycles. The number of aryl methyl sites for hydroxylation is 1. The van der Waals surface area contributed by atoms with Crippen LogP contribution in [0.15, 0.2) is 72.8 Å². The summed E-state index contributed by atoms with van der Waals surface area (Å²) in [5.74, 6) is 1.40. The standard InChI is InChI=1S/C29H30N2O3/c1-20-10-12-24-23(16-20)28(2,3)29(30-27(32)18-31(24)29)15-14-21-11-13-25(26(17-21)33-4)34-19-22-8-6-5-7-9-22/h5-17H,18-19H2,1-4H3,(H,30,32). The molecule has 5 heteroatoms. The normalized spacial score (nSPS) is 20.2. The van der Waals surface area contributed by atoms with Crippen molar-refractivity contribution in [2.45, 2.75) is 38.5 Å². The molecule has 34 heavy (non-hydrogen) atoms. The topological polar surface area (TPSA) is 50.8 Å². The third kappa shape index (κ3) is 3.52. The van der Waals surface area contributed by atoms with E-state index in [1.165, 1.54) is 11.1 Å². The first-order chi connectivity index (χ1) is 16.3. The summed E-state index contributed by atoms with van der Waals surface area (Å²) in [6.45, 7) is 7.32. The van der Waals surface area contributed by atoms with Crippen molar-refractivity contribution in [2.24, 2.45) is 0 Å². The van der Waals surface area contributed by atoms with Gasteiger partial charge in [0, 0.05) is 11.1 Å². The third-order valence-electron chi connectivity index (χ3n) is 7.07. The zero-order chi connectivity index (χ0) is 23.9. The largest absolute Gasteiger partial charge is 0.493 e. The number of benzene rings is 3. The molecule has 1 unspecified atom stereocenters. The van der Waals surface area contributed by atoms with E-state index in [-0.39, 0.29) is 11.3 Å². The highest BCUT2D eigenvalue weighted by molar-refractivity contribution is 5.91. The molecule has 1 fully saturated rings. The van der Waals surface area contributed by atoms with Crippen molar-refractivity contribution < 1.29 is 14.3 Å². The minimum atomic E-state index is -0.629. The van der Waals surface area contributed by atoms with Gasteiger partial charge in [0.1, 0.15) is 12.3 Å². The number of hydrogen-bond donors (Lipinski definition) is 1. The lowest BCUT2D eigenvalue weighted by molar-refractivity contribution is -0.118. The van der Waals surface area contributed by atoms with E-state index in [9.17, 15) is 4.79 Å². The number of methoxy groups -OCH3 is 1. The van der Waals surface area contributed by atoms with Gasteiger partial charge in [0.05, 0.1) is 13.7 Å². The second kappa shape index (κ2) is 8.24. The molecule has 0 bridgehead atoms. The van der Waals surface area contributed by atoms with Gasteiger partial charge in [-0.05, 0) is 47.9 Å². The van der Waals surface area contributed by atoms with Gasteiger partial charge < -0.3 is 19.7 Å². The molecule has 5 nitrogen and oxygen atoms in total. The summed E-state index contributed by atoms with van der Waals surface area (Å²) in [6, 6.07) is 22.4. The van der Waals surface area contributed by atoms with E-state index in [4.69, 9.17) is 9.47 Å². The van der Waals surface area contributed by atoms with Crippen LogP contribution in [0.1, 0.15) is 36.1 Å². The number of fused-ring (bicyclic) bond motifs is 3. The molecule has 5 rings (SSSR count). The van der Waals surface area contributed by atoms with Crippen molar-refractivity contribution in [1.82, 2.24) is 5.32 Å². The molecule has 3 aromatic carbocycles. The molecule has 174 valence electrons. The number of rotatable bonds is 6. The molecule has 1 saturated heterocycles. The molecular formula is C29H30N2O3. The van der Waals surface area contributed by atoms with Crippen molar-refractivity contribution in [3.63, 3.8) is 0 Å².